The number of aromatic nitrogens is 3. The molecule has 0 unspecified atom stereocenters. The molecule has 2 aromatic rings. The molecule has 0 spiro atoms. The Morgan fingerprint density at radius 2 is 2.21 bits per heavy atom. The summed E-state index contributed by atoms with van der Waals surface area (Å²) in [5.74, 6) is 1.53. The Morgan fingerprint density at radius 1 is 1.42 bits per heavy atom. The summed E-state index contributed by atoms with van der Waals surface area (Å²) in [4.78, 5) is 28.8. The molecule has 0 aromatic carbocycles. The van der Waals surface area contributed by atoms with Gasteiger partial charge >= 0.3 is 0 Å². The summed E-state index contributed by atoms with van der Waals surface area (Å²) in [6, 6.07) is 1.60. The third-order valence-corrected chi connectivity index (χ3v) is 5.48. The van der Waals surface area contributed by atoms with E-state index in [1.807, 2.05) is 5.38 Å². The molecule has 0 bridgehead atoms. The van der Waals surface area contributed by atoms with Crippen LogP contribution in [0.1, 0.15) is 37.7 Å². The second-order valence-electron chi connectivity index (χ2n) is 6.75. The summed E-state index contributed by atoms with van der Waals surface area (Å²) in [6.45, 7) is 6.12. The number of thioether (sulfide) groups is 1. The quantitative estimate of drug-likeness (QED) is 0.905. The van der Waals surface area contributed by atoms with Gasteiger partial charge in [0.05, 0.1) is 11.4 Å². The molecule has 6 nitrogen and oxygen atoms in total. The van der Waals surface area contributed by atoms with Gasteiger partial charge in [-0.05, 0) is 11.3 Å². The Labute approximate surface area is 148 Å². The topological polar surface area (TPSA) is 76.9 Å². The average Bonchev–Trinajstić information content (AvgIpc) is 2.96. The van der Waals surface area contributed by atoms with Gasteiger partial charge in [-0.2, -0.15) is 16.9 Å². The molecule has 8 heteroatoms. The molecule has 0 saturated heterocycles. The molecule has 3 rings (SSSR count). The third-order valence-electron chi connectivity index (χ3n) is 3.72. The summed E-state index contributed by atoms with van der Waals surface area (Å²) in [5, 5.41) is 9.60. The second-order valence-corrected chi connectivity index (χ2v) is 8.71. The maximum atomic E-state index is 12.2. The minimum atomic E-state index is -0.287. The Balaban J connectivity index is 1.71. The van der Waals surface area contributed by atoms with E-state index in [1.165, 1.54) is 16.0 Å². The molecule has 0 saturated carbocycles. The normalized spacial score (nSPS) is 14.3. The summed E-state index contributed by atoms with van der Waals surface area (Å²) >= 11 is 3.19. The van der Waals surface area contributed by atoms with E-state index < -0.39 is 0 Å². The van der Waals surface area contributed by atoms with E-state index in [-0.39, 0.29) is 23.4 Å². The minimum Gasteiger partial charge on any atom is -0.300 e. The van der Waals surface area contributed by atoms with Gasteiger partial charge in [-0.25, -0.2) is 9.67 Å². The van der Waals surface area contributed by atoms with Crippen LogP contribution in [0.3, 0.4) is 0 Å². The second kappa shape index (κ2) is 6.68. The number of carbonyl (C=O) groups excluding carboxylic acids is 1. The number of thiazole rings is 1. The molecule has 3 heterocycles. The fraction of sp³-hybridized carbons (Fsp3) is 0.500. The lowest BCUT2D eigenvalue weighted by atomic mass is 9.93. The summed E-state index contributed by atoms with van der Waals surface area (Å²) < 4.78 is 1.24. The lowest BCUT2D eigenvalue weighted by Gasteiger charge is -2.15. The molecular formula is C16H20N4O2S2. The largest absolute Gasteiger partial charge is 0.300 e. The Bertz CT molecular complexity index is 820. The number of anilines is 1. The minimum absolute atomic E-state index is 0.0610. The monoisotopic (exact) mass is 364 g/mol. The van der Waals surface area contributed by atoms with Crippen LogP contribution in [-0.2, 0) is 28.9 Å². The molecule has 0 radical (unpaired) electrons. The first-order valence-electron chi connectivity index (χ1n) is 7.76. The van der Waals surface area contributed by atoms with Crippen molar-refractivity contribution >= 4 is 34.1 Å². The molecule has 1 amide bonds. The van der Waals surface area contributed by atoms with Crippen molar-refractivity contribution in [2.75, 3.05) is 11.1 Å². The highest BCUT2D eigenvalue weighted by atomic mass is 32.2. The van der Waals surface area contributed by atoms with Gasteiger partial charge in [0.15, 0.2) is 5.13 Å². The van der Waals surface area contributed by atoms with Crippen molar-refractivity contribution in [2.24, 2.45) is 0 Å². The van der Waals surface area contributed by atoms with Crippen LogP contribution >= 0.6 is 23.1 Å². The highest BCUT2D eigenvalue weighted by Crippen LogP contribution is 2.26. The van der Waals surface area contributed by atoms with Crippen molar-refractivity contribution in [2.45, 2.75) is 44.9 Å². The molecular weight excluding hydrogens is 344 g/mol. The molecule has 1 aliphatic heterocycles. The van der Waals surface area contributed by atoms with Gasteiger partial charge in [-0.3, -0.25) is 9.59 Å². The first-order valence-corrected chi connectivity index (χ1v) is 9.80. The Kier molecular flexibility index (Phi) is 4.78. The molecule has 24 heavy (non-hydrogen) atoms. The van der Waals surface area contributed by atoms with Gasteiger partial charge in [0, 0.05) is 29.0 Å². The molecule has 1 N–H and O–H groups in total. The molecule has 1 aliphatic rings. The number of aryl methyl sites for hydroxylation is 1. The van der Waals surface area contributed by atoms with Gasteiger partial charge in [0.25, 0.3) is 5.56 Å². The van der Waals surface area contributed by atoms with E-state index in [0.717, 1.165) is 34.9 Å². The molecule has 0 aliphatic carbocycles. The maximum Gasteiger partial charge on any atom is 0.267 e. The number of nitrogens with one attached hydrogen (secondary N) is 1. The number of hydrogen-bond acceptors (Lipinski definition) is 6. The van der Waals surface area contributed by atoms with E-state index in [1.54, 1.807) is 17.8 Å². The van der Waals surface area contributed by atoms with Crippen molar-refractivity contribution in [1.82, 2.24) is 14.8 Å². The number of hydrogen-bond donors (Lipinski definition) is 1. The first-order chi connectivity index (χ1) is 11.3. The van der Waals surface area contributed by atoms with E-state index in [4.69, 9.17) is 0 Å². The van der Waals surface area contributed by atoms with Crippen molar-refractivity contribution < 1.29 is 4.79 Å². The van der Waals surface area contributed by atoms with Gasteiger partial charge in [-0.1, -0.05) is 20.8 Å². The highest BCUT2D eigenvalue weighted by molar-refractivity contribution is 7.98. The number of rotatable bonds is 3. The molecule has 2 aromatic heterocycles. The van der Waals surface area contributed by atoms with Crippen LogP contribution in [0.5, 0.6) is 0 Å². The average molecular weight is 364 g/mol. The smallest absolute Gasteiger partial charge is 0.267 e. The van der Waals surface area contributed by atoms with Crippen LogP contribution < -0.4 is 10.9 Å². The summed E-state index contributed by atoms with van der Waals surface area (Å²) in [6.07, 6.45) is 0.837. The van der Waals surface area contributed by atoms with E-state index >= 15 is 0 Å². The van der Waals surface area contributed by atoms with Crippen molar-refractivity contribution in [3.8, 4) is 0 Å². The summed E-state index contributed by atoms with van der Waals surface area (Å²) in [7, 11) is 0. The molecule has 0 fully saturated rings. The number of nitrogens with zero attached hydrogens (tertiary/aromatic N) is 3. The van der Waals surface area contributed by atoms with E-state index in [2.05, 4.69) is 36.2 Å². The summed E-state index contributed by atoms with van der Waals surface area (Å²) in [5.41, 5.74) is 2.55. The molecule has 0 atom stereocenters. The fourth-order valence-electron chi connectivity index (χ4n) is 2.34. The van der Waals surface area contributed by atoms with Gasteiger partial charge in [0.2, 0.25) is 5.91 Å². The number of amides is 1. The zero-order valence-corrected chi connectivity index (χ0v) is 15.6. The number of carbonyl (C=O) groups is 1. The zero-order valence-electron chi connectivity index (χ0n) is 14.0. The van der Waals surface area contributed by atoms with Crippen LogP contribution in [0.15, 0.2) is 16.2 Å². The fourth-order valence-corrected chi connectivity index (χ4v) is 4.24. The predicted octanol–water partition coefficient (Wildman–Crippen LogP) is 2.43. The third kappa shape index (κ3) is 3.87. The first kappa shape index (κ1) is 17.2. The van der Waals surface area contributed by atoms with Crippen LogP contribution in [0.25, 0.3) is 0 Å². The van der Waals surface area contributed by atoms with Crippen LogP contribution in [0.2, 0.25) is 0 Å². The van der Waals surface area contributed by atoms with Crippen LogP contribution in [0, 0.1) is 0 Å². The predicted molar refractivity (Wildman–Crippen MR) is 97.8 cm³/mol. The molecule has 128 valence electrons. The SMILES string of the molecule is CC(C)(C)c1csc(NC(=O)Cn2nc3c(cc2=O)CSCC3)n1. The van der Waals surface area contributed by atoms with E-state index in [0.29, 0.717) is 5.13 Å². The highest BCUT2D eigenvalue weighted by Gasteiger charge is 2.19. The standard InChI is InChI=1S/C16H20N4O2S2/c1-16(2,3)12-9-24-15(17-12)18-13(21)7-20-14(22)6-10-8-23-5-4-11(10)19-20/h6,9H,4-5,7-8H2,1-3H3,(H,17,18,21). The Morgan fingerprint density at radius 3 is 2.92 bits per heavy atom. The lowest BCUT2D eigenvalue weighted by Crippen LogP contribution is -2.31. The van der Waals surface area contributed by atoms with Crippen molar-refractivity contribution in [3.63, 3.8) is 0 Å². The van der Waals surface area contributed by atoms with Crippen LogP contribution in [0.4, 0.5) is 5.13 Å². The lowest BCUT2D eigenvalue weighted by molar-refractivity contribution is -0.117. The van der Waals surface area contributed by atoms with E-state index in [9.17, 15) is 9.59 Å². The number of fused-ring (bicyclic) bond motifs is 1. The maximum absolute atomic E-state index is 12.2. The van der Waals surface area contributed by atoms with Gasteiger partial charge in [-0.15, -0.1) is 11.3 Å². The Hall–Kier alpha value is -1.67. The van der Waals surface area contributed by atoms with Crippen molar-refractivity contribution in [1.29, 1.82) is 0 Å². The van der Waals surface area contributed by atoms with Gasteiger partial charge < -0.3 is 5.32 Å². The van der Waals surface area contributed by atoms with Crippen molar-refractivity contribution in [3.05, 3.63) is 38.8 Å². The van der Waals surface area contributed by atoms with Crippen LogP contribution in [-0.4, -0.2) is 26.4 Å². The zero-order chi connectivity index (χ0) is 17.3. The van der Waals surface area contributed by atoms with Gasteiger partial charge in [0.1, 0.15) is 6.54 Å².